The van der Waals surface area contributed by atoms with Crippen LogP contribution in [0, 0.1) is 0 Å². The maximum absolute atomic E-state index is 12.3. The zero-order chi connectivity index (χ0) is 16.5. The highest BCUT2D eigenvalue weighted by atomic mass is 32.2. The van der Waals surface area contributed by atoms with E-state index < -0.39 is 0 Å². The second kappa shape index (κ2) is 6.51. The van der Waals surface area contributed by atoms with Crippen LogP contribution in [-0.4, -0.2) is 41.4 Å². The van der Waals surface area contributed by atoms with Gasteiger partial charge in [-0.15, -0.1) is 0 Å². The molecule has 24 heavy (non-hydrogen) atoms. The summed E-state index contributed by atoms with van der Waals surface area (Å²) in [5.41, 5.74) is 2.05. The lowest BCUT2D eigenvalue weighted by atomic mass is 10.1. The van der Waals surface area contributed by atoms with Crippen LogP contribution in [0.2, 0.25) is 0 Å². The highest BCUT2D eigenvalue weighted by molar-refractivity contribution is 7.99. The summed E-state index contributed by atoms with van der Waals surface area (Å²) < 4.78 is 10.9. The summed E-state index contributed by atoms with van der Waals surface area (Å²) in [5, 5.41) is 1.99. The maximum Gasteiger partial charge on any atom is 0.232 e. The molecule has 1 amide bonds. The summed E-state index contributed by atoms with van der Waals surface area (Å²) in [6.45, 7) is 4.17. The second-order valence-electron chi connectivity index (χ2n) is 6.08. The van der Waals surface area contributed by atoms with E-state index in [4.69, 9.17) is 14.5 Å². The van der Waals surface area contributed by atoms with E-state index in [1.807, 2.05) is 17.0 Å². The first-order valence-electron chi connectivity index (χ1n) is 8.38. The van der Waals surface area contributed by atoms with E-state index in [0.717, 1.165) is 59.8 Å². The Labute approximate surface area is 145 Å². The third kappa shape index (κ3) is 2.90. The number of benzene rings is 1. The van der Waals surface area contributed by atoms with Crippen LogP contribution in [0.1, 0.15) is 25.3 Å². The van der Waals surface area contributed by atoms with Crippen molar-refractivity contribution in [2.24, 2.45) is 0 Å². The minimum absolute atomic E-state index is 0.215. The predicted molar refractivity (Wildman–Crippen MR) is 93.8 cm³/mol. The van der Waals surface area contributed by atoms with Gasteiger partial charge in [0.2, 0.25) is 12.7 Å². The van der Waals surface area contributed by atoms with Crippen LogP contribution in [0.25, 0.3) is 10.9 Å². The van der Waals surface area contributed by atoms with Gasteiger partial charge in [-0.25, -0.2) is 4.98 Å². The summed E-state index contributed by atoms with van der Waals surface area (Å²) in [5.74, 6) is 2.18. The molecule has 6 heteroatoms. The van der Waals surface area contributed by atoms with Gasteiger partial charge < -0.3 is 14.4 Å². The largest absolute Gasteiger partial charge is 0.454 e. The number of carbonyl (C=O) groups excluding carboxylic acids is 1. The van der Waals surface area contributed by atoms with Crippen molar-refractivity contribution < 1.29 is 14.3 Å². The minimum Gasteiger partial charge on any atom is -0.454 e. The molecule has 0 saturated carbocycles. The van der Waals surface area contributed by atoms with Gasteiger partial charge in [-0.05, 0) is 37.0 Å². The average Bonchev–Trinajstić information content (AvgIpc) is 3.27. The first-order valence-corrected chi connectivity index (χ1v) is 9.37. The zero-order valence-corrected chi connectivity index (χ0v) is 14.5. The van der Waals surface area contributed by atoms with Crippen LogP contribution in [0.3, 0.4) is 0 Å². The molecule has 0 radical (unpaired) electrons. The number of amides is 1. The Morgan fingerprint density at radius 3 is 2.71 bits per heavy atom. The molecule has 2 aliphatic heterocycles. The summed E-state index contributed by atoms with van der Waals surface area (Å²) in [4.78, 5) is 19.0. The molecule has 1 saturated heterocycles. The molecule has 0 unspecified atom stereocenters. The number of rotatable bonds is 4. The molecule has 0 aliphatic carbocycles. The molecule has 3 heterocycles. The van der Waals surface area contributed by atoms with E-state index in [-0.39, 0.29) is 12.7 Å². The Morgan fingerprint density at radius 2 is 1.96 bits per heavy atom. The van der Waals surface area contributed by atoms with Gasteiger partial charge in [0.1, 0.15) is 5.03 Å². The number of pyridine rings is 1. The summed E-state index contributed by atoms with van der Waals surface area (Å²) in [6.07, 6.45) is 3.13. The van der Waals surface area contributed by atoms with Gasteiger partial charge in [0.25, 0.3) is 0 Å². The molecule has 2 aliphatic rings. The Kier molecular flexibility index (Phi) is 4.22. The van der Waals surface area contributed by atoms with Gasteiger partial charge in [-0.3, -0.25) is 4.79 Å². The number of likely N-dealkylation sites (tertiary alicyclic amines) is 1. The van der Waals surface area contributed by atoms with Gasteiger partial charge in [0.15, 0.2) is 11.5 Å². The Balaban J connectivity index is 1.59. The molecular formula is C18H20N2O3S. The Hall–Kier alpha value is -1.95. The average molecular weight is 344 g/mol. The second-order valence-corrected chi connectivity index (χ2v) is 7.04. The molecule has 126 valence electrons. The highest BCUT2D eigenvalue weighted by Gasteiger charge is 2.20. The fourth-order valence-electron chi connectivity index (χ4n) is 3.16. The van der Waals surface area contributed by atoms with Crippen LogP contribution in [0.15, 0.2) is 23.2 Å². The van der Waals surface area contributed by atoms with E-state index in [0.29, 0.717) is 5.75 Å². The van der Waals surface area contributed by atoms with E-state index >= 15 is 0 Å². The number of aryl methyl sites for hydroxylation is 1. The van der Waals surface area contributed by atoms with Crippen molar-refractivity contribution in [2.45, 2.75) is 31.2 Å². The number of hydrogen-bond acceptors (Lipinski definition) is 5. The van der Waals surface area contributed by atoms with E-state index in [2.05, 4.69) is 13.0 Å². The van der Waals surface area contributed by atoms with Crippen molar-refractivity contribution >= 4 is 28.6 Å². The number of fused-ring (bicyclic) bond motifs is 2. The fourth-order valence-corrected chi connectivity index (χ4v) is 4.15. The lowest BCUT2D eigenvalue weighted by molar-refractivity contribution is -0.127. The van der Waals surface area contributed by atoms with E-state index in [1.165, 1.54) is 5.56 Å². The highest BCUT2D eigenvalue weighted by Crippen LogP contribution is 2.37. The van der Waals surface area contributed by atoms with Crippen LogP contribution in [-0.2, 0) is 11.2 Å². The Bertz CT molecular complexity index is 787. The summed E-state index contributed by atoms with van der Waals surface area (Å²) >= 11 is 1.54. The smallest absolute Gasteiger partial charge is 0.232 e. The molecule has 0 spiro atoms. The van der Waals surface area contributed by atoms with Gasteiger partial charge in [0.05, 0.1) is 11.3 Å². The van der Waals surface area contributed by atoms with Crippen molar-refractivity contribution in [1.29, 1.82) is 0 Å². The van der Waals surface area contributed by atoms with Crippen molar-refractivity contribution in [1.82, 2.24) is 9.88 Å². The third-order valence-electron chi connectivity index (χ3n) is 4.52. The standard InChI is InChI=1S/C18H20N2O3S/c1-2-12-7-13-8-15-16(23-11-22-15)9-14(13)19-18(12)24-10-17(21)20-5-3-4-6-20/h7-9H,2-6,10-11H2,1H3. The third-order valence-corrected chi connectivity index (χ3v) is 5.54. The summed E-state index contributed by atoms with van der Waals surface area (Å²) in [7, 11) is 0. The first-order chi connectivity index (χ1) is 11.7. The molecule has 5 nitrogen and oxygen atoms in total. The minimum atomic E-state index is 0.215. The first kappa shape index (κ1) is 15.6. The van der Waals surface area contributed by atoms with Crippen molar-refractivity contribution in [3.63, 3.8) is 0 Å². The van der Waals surface area contributed by atoms with Gasteiger partial charge >= 0.3 is 0 Å². The SMILES string of the molecule is CCc1cc2cc3c(cc2nc1SCC(=O)N1CCCC1)OCO3. The molecule has 4 rings (SSSR count). The number of hydrogen-bond donors (Lipinski definition) is 0. The monoisotopic (exact) mass is 344 g/mol. The number of ether oxygens (including phenoxy) is 2. The van der Waals surface area contributed by atoms with E-state index in [1.54, 1.807) is 11.8 Å². The van der Waals surface area contributed by atoms with Gasteiger partial charge in [-0.1, -0.05) is 18.7 Å². The normalized spacial score (nSPS) is 16.1. The van der Waals surface area contributed by atoms with Crippen LogP contribution in [0.4, 0.5) is 0 Å². The quantitative estimate of drug-likeness (QED) is 0.797. The Morgan fingerprint density at radius 1 is 1.21 bits per heavy atom. The molecule has 1 aromatic heterocycles. The fraction of sp³-hybridized carbons (Fsp3) is 0.444. The van der Waals surface area contributed by atoms with Gasteiger partial charge in [-0.2, -0.15) is 0 Å². The molecule has 2 aromatic rings. The molecule has 0 bridgehead atoms. The van der Waals surface area contributed by atoms with Crippen LogP contribution >= 0.6 is 11.8 Å². The van der Waals surface area contributed by atoms with E-state index in [9.17, 15) is 4.79 Å². The van der Waals surface area contributed by atoms with Crippen molar-refractivity contribution in [3.05, 3.63) is 23.8 Å². The van der Waals surface area contributed by atoms with Crippen LogP contribution in [0.5, 0.6) is 11.5 Å². The van der Waals surface area contributed by atoms with Crippen molar-refractivity contribution in [2.75, 3.05) is 25.6 Å². The lowest BCUT2D eigenvalue weighted by Gasteiger charge is -2.15. The maximum atomic E-state index is 12.3. The zero-order valence-electron chi connectivity index (χ0n) is 13.7. The number of carbonyl (C=O) groups is 1. The summed E-state index contributed by atoms with van der Waals surface area (Å²) in [6, 6.07) is 6.05. The number of aromatic nitrogens is 1. The molecule has 0 N–H and O–H groups in total. The number of nitrogens with zero attached hydrogens (tertiary/aromatic N) is 2. The topological polar surface area (TPSA) is 51.7 Å². The number of thioether (sulfide) groups is 1. The predicted octanol–water partition coefficient (Wildman–Crippen LogP) is 3.24. The van der Waals surface area contributed by atoms with Crippen LogP contribution < -0.4 is 9.47 Å². The molecule has 0 atom stereocenters. The molecule has 1 fully saturated rings. The molecule has 1 aromatic carbocycles. The van der Waals surface area contributed by atoms with Crippen molar-refractivity contribution in [3.8, 4) is 11.5 Å². The lowest BCUT2D eigenvalue weighted by Crippen LogP contribution is -2.29. The van der Waals surface area contributed by atoms with Gasteiger partial charge in [0, 0.05) is 24.5 Å². The molecular weight excluding hydrogens is 324 g/mol.